The lowest BCUT2D eigenvalue weighted by molar-refractivity contribution is -0.143. The minimum atomic E-state index is -0.654. The highest BCUT2D eigenvalue weighted by molar-refractivity contribution is 5.97. The Balaban J connectivity index is 0.000000632. The maximum Gasteiger partial charge on any atom is 0.328 e. The highest BCUT2D eigenvalue weighted by Gasteiger charge is 2.20. The molecule has 2 aromatic rings. The molecule has 0 saturated carbocycles. The van der Waals surface area contributed by atoms with Crippen molar-refractivity contribution in [2.45, 2.75) is 39.8 Å². The summed E-state index contributed by atoms with van der Waals surface area (Å²) in [6, 6.07) is 16.2. The molecule has 2 aromatic carbocycles. The third-order valence-electron chi connectivity index (χ3n) is 4.37. The van der Waals surface area contributed by atoms with Crippen molar-refractivity contribution in [1.82, 2.24) is 10.6 Å². The Morgan fingerprint density at radius 1 is 0.794 bits per heavy atom. The lowest BCUT2D eigenvalue weighted by atomic mass is 10.1. The van der Waals surface area contributed by atoms with Crippen LogP contribution in [0.25, 0.3) is 0 Å². The predicted octanol–water partition coefficient (Wildman–Crippen LogP) is 3.54. The van der Waals surface area contributed by atoms with Crippen molar-refractivity contribution < 1.29 is 28.7 Å². The molecule has 0 heterocycles. The van der Waals surface area contributed by atoms with E-state index in [9.17, 15) is 19.2 Å². The number of esters is 2. The van der Waals surface area contributed by atoms with Crippen LogP contribution in [-0.4, -0.2) is 50.1 Å². The third-order valence-corrected chi connectivity index (χ3v) is 4.37. The van der Waals surface area contributed by atoms with Gasteiger partial charge >= 0.3 is 11.9 Å². The molecule has 0 aliphatic heterocycles. The van der Waals surface area contributed by atoms with Crippen LogP contribution < -0.4 is 10.6 Å². The number of carbonyl (C=O) groups excluding carboxylic acids is 4. The van der Waals surface area contributed by atoms with Crippen molar-refractivity contribution in [2.24, 2.45) is 0 Å². The lowest BCUT2D eigenvalue weighted by Crippen LogP contribution is -2.41. The van der Waals surface area contributed by atoms with Crippen molar-refractivity contribution >= 4 is 23.8 Å². The first kappa shape index (κ1) is 30.1. The first-order chi connectivity index (χ1) is 15.8. The summed E-state index contributed by atoms with van der Waals surface area (Å²) >= 11 is 0. The van der Waals surface area contributed by atoms with Gasteiger partial charge < -0.3 is 20.1 Å². The van der Waals surface area contributed by atoms with Crippen LogP contribution in [-0.2, 0) is 19.1 Å². The van der Waals surface area contributed by atoms with E-state index >= 15 is 0 Å². The molecular weight excluding hydrogens is 436 g/mol. The molecule has 0 bridgehead atoms. The summed E-state index contributed by atoms with van der Waals surface area (Å²) in [5.74, 6) is -1.47. The highest BCUT2D eigenvalue weighted by atomic mass is 16.5. The summed E-state index contributed by atoms with van der Waals surface area (Å²) < 4.78 is 9.15. The van der Waals surface area contributed by atoms with Crippen LogP contribution in [0.3, 0.4) is 0 Å². The average molecular weight is 471 g/mol. The molecule has 8 nitrogen and oxygen atoms in total. The highest BCUT2D eigenvalue weighted by Crippen LogP contribution is 2.03. The van der Waals surface area contributed by atoms with Gasteiger partial charge in [-0.3, -0.25) is 9.59 Å². The Morgan fingerprint density at radius 3 is 1.65 bits per heavy atom. The molecule has 2 atom stereocenters. The molecular formula is C26H34N2O6. The summed E-state index contributed by atoms with van der Waals surface area (Å²) in [5.41, 5.74) is 1.04. The smallest absolute Gasteiger partial charge is 0.328 e. The lowest BCUT2D eigenvalue weighted by Gasteiger charge is -2.14. The Bertz CT molecular complexity index is 929. The fourth-order valence-electron chi connectivity index (χ4n) is 2.56. The first-order valence-corrected chi connectivity index (χ1v) is 10.3. The molecule has 0 aliphatic carbocycles. The molecule has 0 spiro atoms. The van der Waals surface area contributed by atoms with Crippen LogP contribution in [0.5, 0.6) is 0 Å². The van der Waals surface area contributed by atoms with Gasteiger partial charge in [0, 0.05) is 11.1 Å². The monoisotopic (exact) mass is 470 g/mol. The zero-order chi connectivity index (χ0) is 24.6. The topological polar surface area (TPSA) is 111 Å². The molecule has 0 aliphatic rings. The second-order valence-corrected chi connectivity index (χ2v) is 6.80. The van der Waals surface area contributed by atoms with E-state index < -0.39 is 24.0 Å². The van der Waals surface area contributed by atoms with Crippen LogP contribution in [0.15, 0.2) is 72.8 Å². The molecule has 0 saturated heterocycles. The van der Waals surface area contributed by atoms with E-state index in [4.69, 9.17) is 0 Å². The molecule has 0 fully saturated rings. The minimum absolute atomic E-state index is 0. The Morgan fingerprint density at radius 2 is 1.24 bits per heavy atom. The number of benzene rings is 2. The second kappa shape index (κ2) is 16.7. The summed E-state index contributed by atoms with van der Waals surface area (Å²) in [7, 11) is 2.59. The summed E-state index contributed by atoms with van der Waals surface area (Å²) in [6.07, 6.45) is 4.05. The van der Waals surface area contributed by atoms with Gasteiger partial charge in [0.2, 0.25) is 0 Å². The molecule has 184 valence electrons. The van der Waals surface area contributed by atoms with E-state index in [0.29, 0.717) is 17.5 Å². The molecule has 2 amide bonds. The van der Waals surface area contributed by atoms with Gasteiger partial charge in [-0.25, -0.2) is 9.59 Å². The Hall–Kier alpha value is -3.94. The van der Waals surface area contributed by atoms with Crippen LogP contribution in [0.4, 0.5) is 0 Å². The standard InChI is InChI=1S/C14H17NO3.C11H13NO3.CH4/c1-3-4-10-12(14(17)18-2)15-13(16)11-8-6-5-7-9-11;1-8(11(14)15-2)12-10(13)9-6-4-3-5-7-9;/h3-9,12H,10H2,1-2H3,(H,15,16);3-8H,1-2H3,(H,12,13);1H4/b4-3+;;. The molecule has 0 radical (unpaired) electrons. The van der Waals surface area contributed by atoms with Gasteiger partial charge in [0.1, 0.15) is 12.1 Å². The van der Waals surface area contributed by atoms with Crippen LogP contribution in [0.1, 0.15) is 48.4 Å². The summed E-state index contributed by atoms with van der Waals surface area (Å²) in [6.45, 7) is 3.43. The molecule has 2 N–H and O–H groups in total. The number of carbonyl (C=O) groups is 4. The Labute approximate surface area is 201 Å². The largest absolute Gasteiger partial charge is 0.467 e. The number of hydrogen-bond donors (Lipinski definition) is 2. The zero-order valence-electron chi connectivity index (χ0n) is 19.2. The maximum atomic E-state index is 11.9. The van der Waals surface area contributed by atoms with E-state index in [1.165, 1.54) is 14.2 Å². The van der Waals surface area contributed by atoms with E-state index in [1.807, 2.05) is 31.2 Å². The molecule has 34 heavy (non-hydrogen) atoms. The minimum Gasteiger partial charge on any atom is -0.467 e. The number of rotatable bonds is 8. The molecule has 8 heteroatoms. The fraction of sp³-hybridized carbons (Fsp3) is 0.308. The van der Waals surface area contributed by atoms with Crippen LogP contribution in [0, 0.1) is 0 Å². The van der Waals surface area contributed by atoms with Crippen molar-refractivity contribution in [1.29, 1.82) is 0 Å². The third kappa shape index (κ3) is 10.6. The van der Waals surface area contributed by atoms with Gasteiger partial charge in [0.05, 0.1) is 14.2 Å². The van der Waals surface area contributed by atoms with Gasteiger partial charge in [-0.15, -0.1) is 0 Å². The summed E-state index contributed by atoms with van der Waals surface area (Å²) in [5, 5.41) is 5.19. The van der Waals surface area contributed by atoms with E-state index in [0.717, 1.165) is 0 Å². The predicted molar refractivity (Wildman–Crippen MR) is 131 cm³/mol. The van der Waals surface area contributed by atoms with Crippen LogP contribution >= 0.6 is 0 Å². The normalized spacial score (nSPS) is 11.5. The SMILES string of the molecule is C.C/C=C/CC(NC(=O)c1ccccc1)C(=O)OC.COC(=O)C(C)NC(=O)c1ccccc1. The number of amides is 2. The fourth-order valence-corrected chi connectivity index (χ4v) is 2.56. The van der Waals surface area contributed by atoms with E-state index in [2.05, 4.69) is 20.1 Å². The number of hydrogen-bond acceptors (Lipinski definition) is 6. The second-order valence-electron chi connectivity index (χ2n) is 6.80. The van der Waals surface area contributed by atoms with Crippen molar-refractivity contribution in [2.75, 3.05) is 14.2 Å². The van der Waals surface area contributed by atoms with Gasteiger partial charge in [0.15, 0.2) is 0 Å². The van der Waals surface area contributed by atoms with Gasteiger partial charge in [-0.05, 0) is 44.5 Å². The number of nitrogens with one attached hydrogen (secondary N) is 2. The molecule has 2 rings (SSSR count). The van der Waals surface area contributed by atoms with Gasteiger partial charge in [-0.2, -0.15) is 0 Å². The number of ether oxygens (including phenoxy) is 2. The van der Waals surface area contributed by atoms with Gasteiger partial charge in [-0.1, -0.05) is 56.0 Å². The van der Waals surface area contributed by atoms with E-state index in [1.54, 1.807) is 55.5 Å². The number of allylic oxidation sites excluding steroid dienone is 1. The van der Waals surface area contributed by atoms with Crippen molar-refractivity contribution in [3.63, 3.8) is 0 Å². The zero-order valence-corrected chi connectivity index (χ0v) is 19.2. The summed E-state index contributed by atoms with van der Waals surface area (Å²) in [4.78, 5) is 46.0. The van der Waals surface area contributed by atoms with Crippen molar-refractivity contribution in [3.05, 3.63) is 83.9 Å². The Kier molecular flexibility index (Phi) is 14.7. The average Bonchev–Trinajstić information content (AvgIpc) is 2.86. The first-order valence-electron chi connectivity index (χ1n) is 10.3. The van der Waals surface area contributed by atoms with E-state index in [-0.39, 0.29) is 19.2 Å². The molecule has 0 aromatic heterocycles. The molecule has 2 unspecified atom stereocenters. The quantitative estimate of drug-likeness (QED) is 0.451. The number of methoxy groups -OCH3 is 2. The van der Waals surface area contributed by atoms with Crippen molar-refractivity contribution in [3.8, 4) is 0 Å². The van der Waals surface area contributed by atoms with Crippen LogP contribution in [0.2, 0.25) is 0 Å². The van der Waals surface area contributed by atoms with Gasteiger partial charge in [0.25, 0.3) is 11.8 Å². The maximum absolute atomic E-state index is 11.9.